The van der Waals surface area contributed by atoms with E-state index in [2.05, 4.69) is 17.0 Å². The van der Waals surface area contributed by atoms with Crippen molar-refractivity contribution in [1.29, 1.82) is 0 Å². The lowest BCUT2D eigenvalue weighted by molar-refractivity contribution is -0.140. The SMILES string of the molecule is CCOC(C)=O.CCc1c(OC)cccc1[C@H]1OCC(=O)Nc2ccc(Cl)cc21. The highest BCUT2D eigenvalue weighted by atomic mass is 35.5. The summed E-state index contributed by atoms with van der Waals surface area (Å²) in [5, 5.41) is 3.47. The van der Waals surface area contributed by atoms with Crippen LogP contribution in [-0.2, 0) is 25.5 Å². The summed E-state index contributed by atoms with van der Waals surface area (Å²) in [4.78, 5) is 21.7. The van der Waals surface area contributed by atoms with E-state index in [1.807, 2.05) is 30.3 Å². The fraction of sp³-hybridized carbons (Fsp3) is 0.364. The van der Waals surface area contributed by atoms with Gasteiger partial charge in [-0.05, 0) is 48.7 Å². The minimum absolute atomic E-state index is 0.00265. The lowest BCUT2D eigenvalue weighted by Gasteiger charge is -2.22. The molecule has 1 aliphatic rings. The molecule has 0 unspecified atom stereocenters. The standard InChI is InChI=1S/C18H18ClNO3.C4H8O2/c1-3-12-13(5-4-6-16(12)22-2)18-14-9-11(19)7-8-15(14)20-17(21)10-23-18;1-3-6-4(2)5/h4-9,18H,3,10H2,1-2H3,(H,20,21);3H2,1-2H3/t18-;/m1./s1. The van der Waals surface area contributed by atoms with Crippen LogP contribution < -0.4 is 10.1 Å². The molecule has 0 spiro atoms. The molecule has 3 rings (SSSR count). The zero-order valence-electron chi connectivity index (χ0n) is 17.1. The summed E-state index contributed by atoms with van der Waals surface area (Å²) in [5.41, 5.74) is 3.64. The molecule has 156 valence electrons. The van der Waals surface area contributed by atoms with E-state index in [0.717, 1.165) is 34.5 Å². The number of fused-ring (bicyclic) bond motifs is 1. The Bertz CT molecular complexity index is 868. The summed E-state index contributed by atoms with van der Waals surface area (Å²) in [5.74, 6) is 0.440. The van der Waals surface area contributed by atoms with E-state index < -0.39 is 0 Å². The van der Waals surface area contributed by atoms with Gasteiger partial charge in [-0.25, -0.2) is 0 Å². The minimum atomic E-state index is -0.368. The number of methoxy groups -OCH3 is 1. The van der Waals surface area contributed by atoms with E-state index >= 15 is 0 Å². The number of anilines is 1. The Balaban J connectivity index is 0.000000438. The topological polar surface area (TPSA) is 73.9 Å². The first-order valence-corrected chi connectivity index (χ1v) is 9.79. The zero-order valence-corrected chi connectivity index (χ0v) is 17.8. The maximum atomic E-state index is 11.9. The molecule has 2 aromatic carbocycles. The number of rotatable bonds is 4. The van der Waals surface area contributed by atoms with E-state index in [4.69, 9.17) is 21.1 Å². The summed E-state index contributed by atoms with van der Waals surface area (Å²) < 4.78 is 15.8. The van der Waals surface area contributed by atoms with Gasteiger partial charge in [-0.1, -0.05) is 30.7 Å². The summed E-state index contributed by atoms with van der Waals surface area (Å²) in [6, 6.07) is 11.3. The summed E-state index contributed by atoms with van der Waals surface area (Å²) in [6.07, 6.45) is 0.434. The van der Waals surface area contributed by atoms with Crippen LogP contribution >= 0.6 is 11.6 Å². The second-order valence-corrected chi connectivity index (χ2v) is 6.71. The quantitative estimate of drug-likeness (QED) is 0.736. The second kappa shape index (κ2) is 10.8. The number of nitrogens with one attached hydrogen (secondary N) is 1. The monoisotopic (exact) mass is 419 g/mol. The third-order valence-electron chi connectivity index (χ3n) is 4.32. The zero-order chi connectivity index (χ0) is 21.4. The number of ether oxygens (including phenoxy) is 3. The minimum Gasteiger partial charge on any atom is -0.496 e. The van der Waals surface area contributed by atoms with E-state index in [-0.39, 0.29) is 24.6 Å². The van der Waals surface area contributed by atoms with Gasteiger partial charge in [0.2, 0.25) is 5.91 Å². The Morgan fingerprint density at radius 1 is 1.24 bits per heavy atom. The molecule has 0 aliphatic carbocycles. The molecule has 2 aromatic rings. The van der Waals surface area contributed by atoms with Crippen LogP contribution in [0.25, 0.3) is 0 Å². The van der Waals surface area contributed by atoms with Gasteiger partial charge >= 0.3 is 5.97 Å². The average Bonchev–Trinajstić information content (AvgIpc) is 2.85. The number of carbonyl (C=O) groups excluding carboxylic acids is 2. The van der Waals surface area contributed by atoms with Crippen molar-refractivity contribution in [3.05, 3.63) is 58.1 Å². The van der Waals surface area contributed by atoms with Gasteiger partial charge in [0.05, 0.1) is 13.7 Å². The lowest BCUT2D eigenvalue weighted by Crippen LogP contribution is -2.16. The molecule has 29 heavy (non-hydrogen) atoms. The van der Waals surface area contributed by atoms with Crippen LogP contribution in [0.5, 0.6) is 5.75 Å². The average molecular weight is 420 g/mol. The van der Waals surface area contributed by atoms with Crippen LogP contribution in [0.3, 0.4) is 0 Å². The number of hydrogen-bond acceptors (Lipinski definition) is 5. The third kappa shape index (κ3) is 5.95. The molecule has 1 amide bonds. The summed E-state index contributed by atoms with van der Waals surface area (Å²) >= 11 is 6.16. The summed E-state index contributed by atoms with van der Waals surface area (Å²) in [7, 11) is 1.65. The molecule has 7 heteroatoms. The molecule has 6 nitrogen and oxygen atoms in total. The molecule has 1 heterocycles. The maximum Gasteiger partial charge on any atom is 0.302 e. The molecule has 0 saturated heterocycles. The van der Waals surface area contributed by atoms with Crippen molar-refractivity contribution < 1.29 is 23.8 Å². The first kappa shape index (κ1) is 22.7. The van der Waals surface area contributed by atoms with Gasteiger partial charge < -0.3 is 19.5 Å². The highest BCUT2D eigenvalue weighted by molar-refractivity contribution is 6.30. The summed E-state index contributed by atoms with van der Waals surface area (Å²) in [6.45, 7) is 5.72. The predicted octanol–water partition coefficient (Wildman–Crippen LogP) is 4.54. The van der Waals surface area contributed by atoms with Gasteiger partial charge in [0.1, 0.15) is 18.5 Å². The molecule has 0 saturated carbocycles. The smallest absolute Gasteiger partial charge is 0.302 e. The van der Waals surface area contributed by atoms with E-state index in [1.165, 1.54) is 6.92 Å². The molecule has 0 radical (unpaired) electrons. The molecule has 0 aromatic heterocycles. The number of benzene rings is 2. The Hall–Kier alpha value is -2.57. The molecule has 1 atom stereocenters. The number of carbonyl (C=O) groups is 2. The van der Waals surface area contributed by atoms with Crippen molar-refractivity contribution >= 4 is 29.2 Å². The van der Waals surface area contributed by atoms with Gasteiger partial charge in [-0.3, -0.25) is 9.59 Å². The van der Waals surface area contributed by atoms with Crippen molar-refractivity contribution in [3.8, 4) is 5.75 Å². The normalized spacial score (nSPS) is 15.2. The largest absolute Gasteiger partial charge is 0.496 e. The Labute approximate surface area is 176 Å². The molecule has 1 aliphatic heterocycles. The van der Waals surface area contributed by atoms with E-state index in [9.17, 15) is 9.59 Å². The van der Waals surface area contributed by atoms with Crippen molar-refractivity contribution in [1.82, 2.24) is 0 Å². The second-order valence-electron chi connectivity index (χ2n) is 6.28. The molecule has 0 bridgehead atoms. The third-order valence-corrected chi connectivity index (χ3v) is 4.56. The Morgan fingerprint density at radius 2 is 2.00 bits per heavy atom. The number of hydrogen-bond donors (Lipinski definition) is 1. The first-order valence-electron chi connectivity index (χ1n) is 9.41. The van der Waals surface area contributed by atoms with E-state index in [1.54, 1.807) is 20.1 Å². The fourth-order valence-corrected chi connectivity index (χ4v) is 3.34. The van der Waals surface area contributed by atoms with Crippen LogP contribution in [0, 0.1) is 0 Å². The molecular weight excluding hydrogens is 394 g/mol. The predicted molar refractivity (Wildman–Crippen MR) is 113 cm³/mol. The number of halogens is 1. The Kier molecular flexibility index (Phi) is 8.49. The Morgan fingerprint density at radius 3 is 2.59 bits per heavy atom. The van der Waals surface area contributed by atoms with Crippen molar-refractivity contribution in [2.24, 2.45) is 0 Å². The first-order chi connectivity index (χ1) is 13.9. The van der Waals surface area contributed by atoms with Crippen molar-refractivity contribution in [2.75, 3.05) is 25.6 Å². The van der Waals surface area contributed by atoms with E-state index in [0.29, 0.717) is 11.6 Å². The number of esters is 1. The van der Waals surface area contributed by atoms with Crippen molar-refractivity contribution in [2.45, 2.75) is 33.3 Å². The van der Waals surface area contributed by atoms with Crippen LogP contribution in [0.4, 0.5) is 5.69 Å². The van der Waals surface area contributed by atoms with Crippen molar-refractivity contribution in [3.63, 3.8) is 0 Å². The van der Waals surface area contributed by atoms with Gasteiger partial charge in [0.25, 0.3) is 0 Å². The van der Waals surface area contributed by atoms with Gasteiger partial charge in [-0.2, -0.15) is 0 Å². The highest BCUT2D eigenvalue weighted by Gasteiger charge is 2.27. The van der Waals surface area contributed by atoms with Gasteiger partial charge in [0, 0.05) is 23.2 Å². The van der Waals surface area contributed by atoms with Crippen LogP contribution in [0.1, 0.15) is 43.6 Å². The van der Waals surface area contributed by atoms with Gasteiger partial charge in [0.15, 0.2) is 0 Å². The maximum absolute atomic E-state index is 11.9. The fourth-order valence-electron chi connectivity index (χ4n) is 3.16. The van der Waals surface area contributed by atoms with Crippen LogP contribution in [0.15, 0.2) is 36.4 Å². The molecular formula is C22H26ClNO5. The van der Waals surface area contributed by atoms with Gasteiger partial charge in [-0.15, -0.1) is 0 Å². The highest BCUT2D eigenvalue weighted by Crippen LogP contribution is 2.39. The van der Waals surface area contributed by atoms with Crippen LogP contribution in [0.2, 0.25) is 5.02 Å². The van der Waals surface area contributed by atoms with Crippen LogP contribution in [-0.4, -0.2) is 32.2 Å². The molecule has 0 fully saturated rings. The number of amides is 1. The molecule has 1 N–H and O–H groups in total. The lowest BCUT2D eigenvalue weighted by atomic mass is 9.93.